The molecule has 9 nitrogen and oxygen atoms in total. The smallest absolute Gasteiger partial charge is 0.248 e. The summed E-state index contributed by atoms with van der Waals surface area (Å²) < 4.78 is 16.9. The number of methoxy groups -OCH3 is 1. The van der Waals surface area contributed by atoms with Gasteiger partial charge in [-0.25, -0.2) is 9.97 Å². The second kappa shape index (κ2) is 11.9. The maximum absolute atomic E-state index is 11.9. The van der Waals surface area contributed by atoms with Crippen molar-refractivity contribution in [2.24, 2.45) is 0 Å². The summed E-state index contributed by atoms with van der Waals surface area (Å²) in [5, 5.41) is 1.71. The predicted molar refractivity (Wildman–Crippen MR) is 143 cm³/mol. The van der Waals surface area contributed by atoms with Gasteiger partial charge < -0.3 is 24.0 Å². The number of nitrogens with zero attached hydrogens (tertiary/aromatic N) is 5. The molecule has 0 atom stereocenters. The summed E-state index contributed by atoms with van der Waals surface area (Å²) in [6.07, 6.45) is 2.33. The van der Waals surface area contributed by atoms with Gasteiger partial charge in [-0.15, -0.1) is 0 Å². The van der Waals surface area contributed by atoms with Crippen molar-refractivity contribution in [1.82, 2.24) is 19.8 Å². The third-order valence-electron chi connectivity index (χ3n) is 6.78. The van der Waals surface area contributed by atoms with Crippen molar-refractivity contribution >= 4 is 34.2 Å². The molecule has 37 heavy (non-hydrogen) atoms. The van der Waals surface area contributed by atoms with Crippen LogP contribution in [-0.4, -0.2) is 91.9 Å². The maximum Gasteiger partial charge on any atom is 0.248 e. The molecular formula is C27H32ClN5O4. The van der Waals surface area contributed by atoms with Crippen LogP contribution >= 0.6 is 11.6 Å². The number of aromatic nitrogens is 2. The van der Waals surface area contributed by atoms with E-state index >= 15 is 0 Å². The van der Waals surface area contributed by atoms with Crippen LogP contribution in [0, 0.1) is 0 Å². The second-order valence-electron chi connectivity index (χ2n) is 9.25. The van der Waals surface area contributed by atoms with Crippen LogP contribution in [0.1, 0.15) is 12.0 Å². The Balaban J connectivity index is 1.24. The Kier molecular flexibility index (Phi) is 8.23. The lowest BCUT2D eigenvalue weighted by Gasteiger charge is -2.35. The third kappa shape index (κ3) is 6.23. The Morgan fingerprint density at radius 1 is 1.05 bits per heavy atom. The number of fused-ring (bicyclic) bond motifs is 1. The molecule has 1 aromatic heterocycles. The molecule has 0 radical (unpaired) electrons. The van der Waals surface area contributed by atoms with Crippen molar-refractivity contribution in [2.45, 2.75) is 13.0 Å². The quantitative estimate of drug-likeness (QED) is 0.394. The third-order valence-corrected chi connectivity index (χ3v) is 7.02. The van der Waals surface area contributed by atoms with Crippen molar-refractivity contribution < 1.29 is 19.0 Å². The molecule has 0 spiro atoms. The standard InChI is InChI=1S/C27H32ClN5O4/c1-35-24-16-23-22(15-25(24)37-12-3-6-32-11-13-36-18-26(32)34)27(30-19-29-23)33-9-7-31(8-10-33)17-20-4-2-5-21(28)14-20/h2,4-5,14-16,19H,3,6-13,17-18H2,1H3. The van der Waals surface area contributed by atoms with Crippen LogP contribution in [0.4, 0.5) is 5.82 Å². The minimum absolute atomic E-state index is 0.0315. The van der Waals surface area contributed by atoms with E-state index < -0.39 is 0 Å². The molecule has 0 saturated carbocycles. The van der Waals surface area contributed by atoms with E-state index in [2.05, 4.69) is 25.8 Å². The van der Waals surface area contributed by atoms with Gasteiger partial charge in [0.25, 0.3) is 0 Å². The molecule has 0 unspecified atom stereocenters. The van der Waals surface area contributed by atoms with Gasteiger partial charge in [-0.3, -0.25) is 9.69 Å². The average molecular weight is 526 g/mol. The maximum atomic E-state index is 11.9. The summed E-state index contributed by atoms with van der Waals surface area (Å²) in [4.78, 5) is 27.6. The number of rotatable bonds is 9. The van der Waals surface area contributed by atoms with Gasteiger partial charge in [0.2, 0.25) is 5.91 Å². The SMILES string of the molecule is COc1cc2ncnc(N3CCN(Cc4cccc(Cl)c4)CC3)c2cc1OCCCN1CCOCC1=O. The Labute approximate surface area is 221 Å². The zero-order chi connectivity index (χ0) is 25.6. The van der Waals surface area contributed by atoms with Gasteiger partial charge in [-0.2, -0.15) is 0 Å². The van der Waals surface area contributed by atoms with Gasteiger partial charge in [0, 0.05) is 62.3 Å². The number of amides is 1. The van der Waals surface area contributed by atoms with Gasteiger partial charge in [-0.1, -0.05) is 23.7 Å². The van der Waals surface area contributed by atoms with Gasteiger partial charge in [-0.05, 0) is 30.2 Å². The second-order valence-corrected chi connectivity index (χ2v) is 9.68. The summed E-state index contributed by atoms with van der Waals surface area (Å²) in [7, 11) is 1.63. The van der Waals surface area contributed by atoms with Crippen LogP contribution in [-0.2, 0) is 16.1 Å². The first-order valence-corrected chi connectivity index (χ1v) is 13.0. The molecule has 0 bridgehead atoms. The molecule has 2 aliphatic heterocycles. The van der Waals surface area contributed by atoms with Gasteiger partial charge in [0.1, 0.15) is 18.8 Å². The van der Waals surface area contributed by atoms with E-state index in [1.165, 1.54) is 5.56 Å². The zero-order valence-corrected chi connectivity index (χ0v) is 21.8. The topological polar surface area (TPSA) is 80.3 Å². The first-order chi connectivity index (χ1) is 18.1. The van der Waals surface area contributed by atoms with Crippen LogP contribution in [0.2, 0.25) is 5.02 Å². The van der Waals surface area contributed by atoms with E-state index in [9.17, 15) is 4.79 Å². The number of anilines is 1. The zero-order valence-electron chi connectivity index (χ0n) is 21.1. The molecule has 0 aliphatic carbocycles. The highest BCUT2D eigenvalue weighted by molar-refractivity contribution is 6.30. The van der Waals surface area contributed by atoms with Crippen molar-refractivity contribution in [3.8, 4) is 11.5 Å². The first-order valence-electron chi connectivity index (χ1n) is 12.6. The lowest BCUT2D eigenvalue weighted by atomic mass is 10.1. The molecule has 196 valence electrons. The Bertz CT molecular complexity index is 1230. The van der Waals surface area contributed by atoms with Gasteiger partial charge in [0.05, 0.1) is 25.8 Å². The molecule has 0 N–H and O–H groups in total. The molecular weight excluding hydrogens is 494 g/mol. The largest absolute Gasteiger partial charge is 0.493 e. The normalized spacial score (nSPS) is 16.9. The highest BCUT2D eigenvalue weighted by Gasteiger charge is 2.22. The minimum Gasteiger partial charge on any atom is -0.493 e. The van der Waals surface area contributed by atoms with Crippen LogP contribution in [0.15, 0.2) is 42.7 Å². The van der Waals surface area contributed by atoms with E-state index in [0.29, 0.717) is 37.8 Å². The fourth-order valence-corrected chi connectivity index (χ4v) is 5.02. The summed E-state index contributed by atoms with van der Waals surface area (Å²) >= 11 is 6.16. The van der Waals surface area contributed by atoms with Crippen LogP contribution in [0.3, 0.4) is 0 Å². The molecule has 1 amide bonds. The van der Waals surface area contributed by atoms with Crippen LogP contribution < -0.4 is 14.4 Å². The van der Waals surface area contributed by atoms with Crippen molar-refractivity contribution in [1.29, 1.82) is 0 Å². The van der Waals surface area contributed by atoms with E-state index in [4.69, 9.17) is 25.8 Å². The van der Waals surface area contributed by atoms with E-state index in [0.717, 1.165) is 60.9 Å². The Hall–Kier alpha value is -3.14. The first kappa shape index (κ1) is 25.5. The summed E-state index contributed by atoms with van der Waals surface area (Å²) in [5.41, 5.74) is 2.04. The molecule has 2 saturated heterocycles. The number of piperazine rings is 1. The Morgan fingerprint density at radius 2 is 1.92 bits per heavy atom. The monoisotopic (exact) mass is 525 g/mol. The van der Waals surface area contributed by atoms with Crippen LogP contribution in [0.25, 0.3) is 10.9 Å². The molecule has 3 heterocycles. The fraction of sp³-hybridized carbons (Fsp3) is 0.444. The molecule has 3 aromatic rings. The summed E-state index contributed by atoms with van der Waals surface area (Å²) in [6.45, 7) is 6.96. The molecule has 2 aliphatic rings. The van der Waals surface area contributed by atoms with Gasteiger partial charge >= 0.3 is 0 Å². The molecule has 5 rings (SSSR count). The highest BCUT2D eigenvalue weighted by atomic mass is 35.5. The van der Waals surface area contributed by atoms with E-state index in [-0.39, 0.29) is 12.5 Å². The van der Waals surface area contributed by atoms with E-state index in [1.807, 2.05) is 35.2 Å². The molecule has 2 fully saturated rings. The predicted octanol–water partition coefficient (Wildman–Crippen LogP) is 3.24. The molecule has 10 heteroatoms. The number of carbonyl (C=O) groups is 1. The lowest BCUT2D eigenvalue weighted by molar-refractivity contribution is -0.142. The highest BCUT2D eigenvalue weighted by Crippen LogP contribution is 2.35. The van der Waals surface area contributed by atoms with Crippen LogP contribution in [0.5, 0.6) is 11.5 Å². The lowest BCUT2D eigenvalue weighted by Crippen LogP contribution is -2.46. The number of hydrogen-bond donors (Lipinski definition) is 0. The van der Waals surface area contributed by atoms with Crippen molar-refractivity contribution in [3.63, 3.8) is 0 Å². The van der Waals surface area contributed by atoms with Gasteiger partial charge in [0.15, 0.2) is 11.5 Å². The van der Waals surface area contributed by atoms with E-state index in [1.54, 1.807) is 13.4 Å². The summed E-state index contributed by atoms with van der Waals surface area (Å²) in [5.74, 6) is 2.22. The van der Waals surface area contributed by atoms with Crippen molar-refractivity contribution in [3.05, 3.63) is 53.3 Å². The number of hydrogen-bond acceptors (Lipinski definition) is 8. The van der Waals surface area contributed by atoms with Crippen molar-refractivity contribution in [2.75, 3.05) is 71.1 Å². The fourth-order valence-electron chi connectivity index (χ4n) is 4.81. The number of morpholine rings is 1. The molecule has 2 aromatic carbocycles. The number of ether oxygens (including phenoxy) is 3. The number of carbonyl (C=O) groups excluding carboxylic acids is 1. The minimum atomic E-state index is 0.0315. The number of halogens is 1. The number of benzene rings is 2. The Morgan fingerprint density at radius 3 is 2.70 bits per heavy atom. The summed E-state index contributed by atoms with van der Waals surface area (Å²) in [6, 6.07) is 11.9. The average Bonchev–Trinajstić information content (AvgIpc) is 2.92.